The number of nitrogens with one attached hydrogen (secondary N) is 2. The van der Waals surface area contributed by atoms with Crippen LogP contribution < -0.4 is 10.6 Å². The number of benzene rings is 1. The van der Waals surface area contributed by atoms with Crippen LogP contribution >= 0.6 is 11.6 Å². The van der Waals surface area contributed by atoms with Crippen molar-refractivity contribution in [2.75, 3.05) is 13.6 Å². The first-order chi connectivity index (χ1) is 7.13. The highest BCUT2D eigenvalue weighted by molar-refractivity contribution is 6.30. The molecule has 1 unspecified atom stereocenters. The third kappa shape index (κ3) is 4.20. The molecule has 1 aromatic carbocycles. The fourth-order valence-corrected chi connectivity index (χ4v) is 1.69. The van der Waals surface area contributed by atoms with Gasteiger partial charge in [-0.15, -0.1) is 0 Å². The van der Waals surface area contributed by atoms with E-state index >= 15 is 0 Å². The maximum absolute atomic E-state index is 5.95. The van der Waals surface area contributed by atoms with Gasteiger partial charge in [0.05, 0.1) is 0 Å². The molecule has 0 bridgehead atoms. The Balaban J connectivity index is 2.53. The van der Waals surface area contributed by atoms with Crippen molar-refractivity contribution in [2.24, 2.45) is 0 Å². The average Bonchev–Trinajstić information content (AvgIpc) is 2.20. The SMILES string of the molecule is CNCC(C)NCc1cc(Cl)ccc1C. The first kappa shape index (κ1) is 12.5. The van der Waals surface area contributed by atoms with Gasteiger partial charge in [0, 0.05) is 24.2 Å². The van der Waals surface area contributed by atoms with Crippen molar-refractivity contribution in [1.82, 2.24) is 10.6 Å². The van der Waals surface area contributed by atoms with Gasteiger partial charge in [-0.3, -0.25) is 0 Å². The molecule has 2 N–H and O–H groups in total. The van der Waals surface area contributed by atoms with Gasteiger partial charge in [0.15, 0.2) is 0 Å². The van der Waals surface area contributed by atoms with Crippen molar-refractivity contribution < 1.29 is 0 Å². The number of hydrogen-bond donors (Lipinski definition) is 2. The van der Waals surface area contributed by atoms with E-state index in [1.807, 2.05) is 19.2 Å². The van der Waals surface area contributed by atoms with Crippen LogP contribution in [-0.4, -0.2) is 19.6 Å². The third-order valence-corrected chi connectivity index (χ3v) is 2.70. The lowest BCUT2D eigenvalue weighted by atomic mass is 10.1. The monoisotopic (exact) mass is 226 g/mol. The molecular weight excluding hydrogens is 208 g/mol. The normalized spacial score (nSPS) is 12.8. The predicted octanol–water partition coefficient (Wildman–Crippen LogP) is 2.35. The van der Waals surface area contributed by atoms with Crippen molar-refractivity contribution in [2.45, 2.75) is 26.4 Å². The molecule has 0 radical (unpaired) electrons. The standard InChI is InChI=1S/C12H19ClN2/c1-9-4-5-12(13)6-11(9)8-15-10(2)7-14-3/h4-6,10,14-15H,7-8H2,1-3H3. The van der Waals surface area contributed by atoms with Crippen molar-refractivity contribution in [3.63, 3.8) is 0 Å². The van der Waals surface area contributed by atoms with Crippen LogP contribution in [0.15, 0.2) is 18.2 Å². The molecule has 15 heavy (non-hydrogen) atoms. The molecule has 0 heterocycles. The molecule has 0 aliphatic carbocycles. The van der Waals surface area contributed by atoms with Crippen LogP contribution in [0.4, 0.5) is 0 Å². The van der Waals surface area contributed by atoms with Gasteiger partial charge in [-0.05, 0) is 44.2 Å². The molecule has 0 aliphatic heterocycles. The Morgan fingerprint density at radius 2 is 2.13 bits per heavy atom. The summed E-state index contributed by atoms with van der Waals surface area (Å²) in [5.41, 5.74) is 2.55. The molecule has 2 nitrogen and oxygen atoms in total. The second kappa shape index (κ2) is 6.11. The van der Waals surface area contributed by atoms with E-state index in [1.54, 1.807) is 0 Å². The molecule has 3 heteroatoms. The van der Waals surface area contributed by atoms with Gasteiger partial charge < -0.3 is 10.6 Å². The van der Waals surface area contributed by atoms with Crippen LogP contribution in [0.1, 0.15) is 18.1 Å². The first-order valence-corrected chi connectivity index (χ1v) is 5.64. The summed E-state index contributed by atoms with van der Waals surface area (Å²) in [5, 5.41) is 7.39. The summed E-state index contributed by atoms with van der Waals surface area (Å²) in [4.78, 5) is 0. The number of likely N-dealkylation sites (N-methyl/N-ethyl adjacent to an activating group) is 1. The minimum absolute atomic E-state index is 0.466. The molecule has 1 rings (SSSR count). The van der Waals surface area contributed by atoms with E-state index in [2.05, 4.69) is 30.5 Å². The fourth-order valence-electron chi connectivity index (χ4n) is 1.49. The smallest absolute Gasteiger partial charge is 0.0409 e. The lowest BCUT2D eigenvalue weighted by Crippen LogP contribution is -2.34. The van der Waals surface area contributed by atoms with Crippen LogP contribution in [0.3, 0.4) is 0 Å². The summed E-state index contributed by atoms with van der Waals surface area (Å²) < 4.78 is 0. The highest BCUT2D eigenvalue weighted by atomic mass is 35.5. The first-order valence-electron chi connectivity index (χ1n) is 5.26. The van der Waals surface area contributed by atoms with E-state index < -0.39 is 0 Å². The van der Waals surface area contributed by atoms with E-state index in [0.717, 1.165) is 18.1 Å². The molecule has 0 saturated carbocycles. The van der Waals surface area contributed by atoms with E-state index in [4.69, 9.17) is 11.6 Å². The number of halogens is 1. The Labute approximate surface area is 97.0 Å². The van der Waals surface area contributed by atoms with Gasteiger partial charge in [0.1, 0.15) is 0 Å². The van der Waals surface area contributed by atoms with Gasteiger partial charge in [-0.25, -0.2) is 0 Å². The maximum atomic E-state index is 5.95. The third-order valence-electron chi connectivity index (χ3n) is 2.46. The lowest BCUT2D eigenvalue weighted by Gasteiger charge is -2.14. The second-order valence-corrected chi connectivity index (χ2v) is 4.35. The van der Waals surface area contributed by atoms with E-state index in [-0.39, 0.29) is 0 Å². The van der Waals surface area contributed by atoms with Crippen LogP contribution in [0.5, 0.6) is 0 Å². The zero-order valence-corrected chi connectivity index (χ0v) is 10.4. The molecule has 0 saturated heterocycles. The molecule has 0 spiro atoms. The van der Waals surface area contributed by atoms with Gasteiger partial charge in [-0.1, -0.05) is 17.7 Å². The average molecular weight is 227 g/mol. The van der Waals surface area contributed by atoms with Crippen LogP contribution in [0.2, 0.25) is 5.02 Å². The quantitative estimate of drug-likeness (QED) is 0.806. The van der Waals surface area contributed by atoms with E-state index in [0.29, 0.717) is 6.04 Å². The Bertz CT molecular complexity index is 312. The maximum Gasteiger partial charge on any atom is 0.0409 e. The summed E-state index contributed by atoms with van der Waals surface area (Å²) in [6.45, 7) is 6.11. The molecule has 84 valence electrons. The van der Waals surface area contributed by atoms with Crippen molar-refractivity contribution in [3.05, 3.63) is 34.3 Å². The second-order valence-electron chi connectivity index (χ2n) is 3.91. The summed E-state index contributed by atoms with van der Waals surface area (Å²) in [7, 11) is 1.96. The molecule has 0 aromatic heterocycles. The zero-order chi connectivity index (χ0) is 11.3. The van der Waals surface area contributed by atoms with Gasteiger partial charge in [-0.2, -0.15) is 0 Å². The molecular formula is C12H19ClN2. The van der Waals surface area contributed by atoms with Crippen molar-refractivity contribution >= 4 is 11.6 Å². The largest absolute Gasteiger partial charge is 0.318 e. The summed E-state index contributed by atoms with van der Waals surface area (Å²) in [6.07, 6.45) is 0. The predicted molar refractivity (Wildman–Crippen MR) is 66.4 cm³/mol. The number of hydrogen-bond acceptors (Lipinski definition) is 2. The lowest BCUT2D eigenvalue weighted by molar-refractivity contribution is 0.522. The van der Waals surface area contributed by atoms with Crippen molar-refractivity contribution in [3.8, 4) is 0 Å². The highest BCUT2D eigenvalue weighted by Crippen LogP contribution is 2.15. The zero-order valence-electron chi connectivity index (χ0n) is 9.60. The van der Waals surface area contributed by atoms with Crippen LogP contribution in [0.25, 0.3) is 0 Å². The summed E-state index contributed by atoms with van der Waals surface area (Å²) in [5.74, 6) is 0. The van der Waals surface area contributed by atoms with Crippen molar-refractivity contribution in [1.29, 1.82) is 0 Å². The molecule has 1 aromatic rings. The van der Waals surface area contributed by atoms with Gasteiger partial charge in [0.25, 0.3) is 0 Å². The van der Waals surface area contributed by atoms with E-state index in [1.165, 1.54) is 11.1 Å². The Morgan fingerprint density at radius 1 is 1.40 bits per heavy atom. The van der Waals surface area contributed by atoms with Crippen LogP contribution in [0, 0.1) is 6.92 Å². The molecule has 1 atom stereocenters. The Hall–Kier alpha value is -0.570. The highest BCUT2D eigenvalue weighted by Gasteiger charge is 2.02. The van der Waals surface area contributed by atoms with Gasteiger partial charge in [0.2, 0.25) is 0 Å². The van der Waals surface area contributed by atoms with Gasteiger partial charge >= 0.3 is 0 Å². The molecule has 0 fully saturated rings. The minimum Gasteiger partial charge on any atom is -0.318 e. The fraction of sp³-hybridized carbons (Fsp3) is 0.500. The summed E-state index contributed by atoms with van der Waals surface area (Å²) in [6, 6.07) is 6.48. The van der Waals surface area contributed by atoms with Crippen LogP contribution in [-0.2, 0) is 6.54 Å². The van der Waals surface area contributed by atoms with E-state index in [9.17, 15) is 0 Å². The Kier molecular flexibility index (Phi) is 5.09. The summed E-state index contributed by atoms with van der Waals surface area (Å²) >= 11 is 5.95. The molecule has 0 amide bonds. The Morgan fingerprint density at radius 3 is 2.80 bits per heavy atom. The number of rotatable bonds is 5. The minimum atomic E-state index is 0.466. The molecule has 0 aliphatic rings. The number of aryl methyl sites for hydroxylation is 1. The topological polar surface area (TPSA) is 24.1 Å².